The Morgan fingerprint density at radius 3 is 3.00 bits per heavy atom. The summed E-state index contributed by atoms with van der Waals surface area (Å²) >= 11 is 0. The number of ether oxygens (including phenoxy) is 1. The van der Waals surface area contributed by atoms with Crippen molar-refractivity contribution in [3.63, 3.8) is 0 Å². The summed E-state index contributed by atoms with van der Waals surface area (Å²) in [6.07, 6.45) is 2.61. The van der Waals surface area contributed by atoms with Crippen molar-refractivity contribution in [1.82, 2.24) is 10.4 Å². The van der Waals surface area contributed by atoms with Crippen molar-refractivity contribution in [1.29, 1.82) is 0 Å². The van der Waals surface area contributed by atoms with E-state index in [1.54, 1.807) is 13.3 Å². The largest absolute Gasteiger partial charge is 0.495 e. The highest BCUT2D eigenvalue weighted by molar-refractivity contribution is 5.29. The maximum Gasteiger partial charge on any atom is 0.142 e. The van der Waals surface area contributed by atoms with Crippen LogP contribution in [0.5, 0.6) is 5.75 Å². The van der Waals surface area contributed by atoms with Crippen LogP contribution in [-0.4, -0.2) is 12.1 Å². The molecule has 0 aromatic carbocycles. The number of rotatable bonds is 4. The molecule has 0 aliphatic carbocycles. The van der Waals surface area contributed by atoms with Crippen LogP contribution in [0, 0.1) is 0 Å². The average Bonchev–Trinajstić information content (AvgIpc) is 2.20. The first-order chi connectivity index (χ1) is 6.33. The van der Waals surface area contributed by atoms with E-state index in [0.717, 1.165) is 17.9 Å². The number of hydrazine groups is 1. The molecular formula is C9H15N3O. The summed E-state index contributed by atoms with van der Waals surface area (Å²) in [6.45, 7) is 2.04. The second-order valence-corrected chi connectivity index (χ2v) is 2.72. The number of aromatic nitrogens is 1. The van der Waals surface area contributed by atoms with Crippen LogP contribution in [0.25, 0.3) is 0 Å². The minimum Gasteiger partial charge on any atom is -0.495 e. The lowest BCUT2D eigenvalue weighted by Gasteiger charge is -2.15. The van der Waals surface area contributed by atoms with E-state index >= 15 is 0 Å². The lowest BCUT2D eigenvalue weighted by atomic mass is 10.1. The summed E-state index contributed by atoms with van der Waals surface area (Å²) in [6, 6.07) is 3.77. The Hall–Kier alpha value is -1.13. The van der Waals surface area contributed by atoms with Gasteiger partial charge in [0.05, 0.1) is 13.2 Å². The molecule has 1 atom stereocenters. The third-order valence-corrected chi connectivity index (χ3v) is 1.96. The minimum absolute atomic E-state index is 0.0520. The molecule has 1 rings (SSSR count). The molecule has 0 aliphatic heterocycles. The van der Waals surface area contributed by atoms with Crippen LogP contribution in [0.15, 0.2) is 18.3 Å². The molecule has 72 valence electrons. The van der Waals surface area contributed by atoms with Crippen molar-refractivity contribution in [2.75, 3.05) is 7.11 Å². The van der Waals surface area contributed by atoms with Gasteiger partial charge in [0.2, 0.25) is 0 Å². The van der Waals surface area contributed by atoms with E-state index in [-0.39, 0.29) is 6.04 Å². The van der Waals surface area contributed by atoms with Crippen LogP contribution in [0.3, 0.4) is 0 Å². The molecule has 0 spiro atoms. The number of nitrogens with two attached hydrogens (primary N) is 1. The Morgan fingerprint density at radius 2 is 2.46 bits per heavy atom. The molecule has 4 nitrogen and oxygen atoms in total. The predicted octanol–water partition coefficient (Wildman–Crippen LogP) is 1.00. The Bertz CT molecular complexity index is 261. The summed E-state index contributed by atoms with van der Waals surface area (Å²) < 4.78 is 5.17. The number of hydrogen-bond acceptors (Lipinski definition) is 4. The van der Waals surface area contributed by atoms with Gasteiger partial charge in [0, 0.05) is 6.20 Å². The molecule has 3 N–H and O–H groups in total. The van der Waals surface area contributed by atoms with E-state index in [4.69, 9.17) is 10.6 Å². The zero-order valence-corrected chi connectivity index (χ0v) is 7.95. The molecule has 0 saturated carbocycles. The van der Waals surface area contributed by atoms with Crippen LogP contribution in [0.2, 0.25) is 0 Å². The maximum absolute atomic E-state index is 5.39. The molecule has 1 aromatic heterocycles. The zero-order chi connectivity index (χ0) is 9.68. The Labute approximate surface area is 78.1 Å². The third-order valence-electron chi connectivity index (χ3n) is 1.96. The second kappa shape index (κ2) is 4.79. The van der Waals surface area contributed by atoms with Gasteiger partial charge in [-0.1, -0.05) is 6.92 Å². The SMILES string of the molecule is CCC(NN)c1ncccc1OC. The molecule has 0 fully saturated rings. The van der Waals surface area contributed by atoms with Gasteiger partial charge in [0.25, 0.3) is 0 Å². The van der Waals surface area contributed by atoms with Crippen LogP contribution in [-0.2, 0) is 0 Å². The van der Waals surface area contributed by atoms with E-state index in [1.165, 1.54) is 0 Å². The van der Waals surface area contributed by atoms with Crippen molar-refractivity contribution in [3.8, 4) is 5.75 Å². The van der Waals surface area contributed by atoms with Crippen molar-refractivity contribution < 1.29 is 4.74 Å². The molecule has 0 amide bonds. The highest BCUT2D eigenvalue weighted by atomic mass is 16.5. The monoisotopic (exact) mass is 181 g/mol. The highest BCUT2D eigenvalue weighted by Crippen LogP contribution is 2.23. The number of nitrogens with one attached hydrogen (secondary N) is 1. The molecule has 0 saturated heterocycles. The quantitative estimate of drug-likeness (QED) is 0.537. The molecule has 0 radical (unpaired) electrons. The van der Waals surface area contributed by atoms with Crippen LogP contribution < -0.4 is 16.0 Å². The first-order valence-corrected chi connectivity index (χ1v) is 4.28. The van der Waals surface area contributed by atoms with Gasteiger partial charge in [-0.3, -0.25) is 16.3 Å². The molecule has 4 heteroatoms. The first-order valence-electron chi connectivity index (χ1n) is 4.28. The van der Waals surface area contributed by atoms with Gasteiger partial charge in [-0.15, -0.1) is 0 Å². The summed E-state index contributed by atoms with van der Waals surface area (Å²) in [5, 5.41) is 0. The lowest BCUT2D eigenvalue weighted by molar-refractivity contribution is 0.392. The molecule has 1 unspecified atom stereocenters. The van der Waals surface area contributed by atoms with Crippen LogP contribution >= 0.6 is 0 Å². The second-order valence-electron chi connectivity index (χ2n) is 2.72. The Balaban J connectivity index is 2.96. The Kier molecular flexibility index (Phi) is 3.67. The average molecular weight is 181 g/mol. The van der Waals surface area contributed by atoms with E-state index in [2.05, 4.69) is 10.4 Å². The van der Waals surface area contributed by atoms with Gasteiger partial charge >= 0.3 is 0 Å². The van der Waals surface area contributed by atoms with Gasteiger partial charge in [-0.05, 0) is 18.6 Å². The molecule has 1 heterocycles. The molecule has 13 heavy (non-hydrogen) atoms. The normalized spacial score (nSPS) is 12.5. The summed E-state index contributed by atoms with van der Waals surface area (Å²) in [5.41, 5.74) is 3.56. The highest BCUT2D eigenvalue weighted by Gasteiger charge is 2.13. The smallest absolute Gasteiger partial charge is 0.142 e. The number of hydrogen-bond donors (Lipinski definition) is 2. The van der Waals surface area contributed by atoms with E-state index in [9.17, 15) is 0 Å². The molecule has 0 aliphatic rings. The standard InChI is InChI=1S/C9H15N3O/c1-3-7(12-10)9-8(13-2)5-4-6-11-9/h4-7,12H,3,10H2,1-2H3. The van der Waals surface area contributed by atoms with Gasteiger partial charge < -0.3 is 4.74 Å². The fourth-order valence-electron chi connectivity index (χ4n) is 1.23. The van der Waals surface area contributed by atoms with Crippen LogP contribution in [0.1, 0.15) is 25.1 Å². The summed E-state index contributed by atoms with van der Waals surface area (Å²) in [5.74, 6) is 6.16. The zero-order valence-electron chi connectivity index (χ0n) is 7.95. The maximum atomic E-state index is 5.39. The summed E-state index contributed by atoms with van der Waals surface area (Å²) in [7, 11) is 1.63. The van der Waals surface area contributed by atoms with E-state index in [0.29, 0.717) is 0 Å². The Morgan fingerprint density at radius 1 is 1.69 bits per heavy atom. The predicted molar refractivity (Wildman–Crippen MR) is 51.1 cm³/mol. The minimum atomic E-state index is 0.0520. The number of nitrogens with zero attached hydrogens (tertiary/aromatic N) is 1. The van der Waals surface area contributed by atoms with E-state index in [1.807, 2.05) is 19.1 Å². The molecule has 0 bridgehead atoms. The van der Waals surface area contributed by atoms with Crippen molar-refractivity contribution >= 4 is 0 Å². The van der Waals surface area contributed by atoms with E-state index < -0.39 is 0 Å². The lowest BCUT2D eigenvalue weighted by Crippen LogP contribution is -2.28. The molecule has 1 aromatic rings. The topological polar surface area (TPSA) is 60.2 Å². The van der Waals surface area contributed by atoms with Crippen molar-refractivity contribution in [3.05, 3.63) is 24.0 Å². The van der Waals surface area contributed by atoms with Gasteiger partial charge in [0.1, 0.15) is 11.4 Å². The van der Waals surface area contributed by atoms with Gasteiger partial charge in [-0.2, -0.15) is 0 Å². The first kappa shape index (κ1) is 9.95. The fourth-order valence-corrected chi connectivity index (χ4v) is 1.23. The summed E-state index contributed by atoms with van der Waals surface area (Å²) in [4.78, 5) is 4.22. The molecular weight excluding hydrogens is 166 g/mol. The van der Waals surface area contributed by atoms with Gasteiger partial charge in [0.15, 0.2) is 0 Å². The third kappa shape index (κ3) is 2.17. The van der Waals surface area contributed by atoms with Crippen molar-refractivity contribution in [2.24, 2.45) is 5.84 Å². The fraction of sp³-hybridized carbons (Fsp3) is 0.444. The van der Waals surface area contributed by atoms with Crippen molar-refractivity contribution in [2.45, 2.75) is 19.4 Å². The number of methoxy groups -OCH3 is 1. The van der Waals surface area contributed by atoms with Crippen LogP contribution in [0.4, 0.5) is 0 Å². The number of pyridine rings is 1. The van der Waals surface area contributed by atoms with Gasteiger partial charge in [-0.25, -0.2) is 0 Å².